The molecule has 5 heteroatoms. The van der Waals surface area contributed by atoms with Crippen molar-refractivity contribution in [3.8, 4) is 0 Å². The van der Waals surface area contributed by atoms with Crippen LogP contribution in [-0.2, 0) is 4.74 Å². The molecule has 1 unspecified atom stereocenters. The van der Waals surface area contributed by atoms with E-state index in [4.69, 9.17) is 39.5 Å². The summed E-state index contributed by atoms with van der Waals surface area (Å²) in [6, 6.07) is 0.232. The summed E-state index contributed by atoms with van der Waals surface area (Å²) in [4.78, 5) is 4.22. The fourth-order valence-corrected chi connectivity index (χ4v) is 1.58. The van der Waals surface area contributed by atoms with Crippen LogP contribution < -0.4 is 0 Å². The van der Waals surface area contributed by atoms with Crippen LogP contribution >= 0.6 is 34.8 Å². The molecule has 1 aliphatic carbocycles. The first-order valence-electron chi connectivity index (χ1n) is 3.85. The zero-order valence-corrected chi connectivity index (χ0v) is 8.53. The average Bonchev–Trinajstić information content (AvgIpc) is 2.66. The summed E-state index contributed by atoms with van der Waals surface area (Å²) in [7, 11) is 0. The van der Waals surface area contributed by atoms with Crippen LogP contribution in [0.5, 0.6) is 0 Å². The molecule has 0 aromatic carbocycles. The number of hydrogen-bond acceptors (Lipinski definition) is 2. The zero-order valence-electron chi connectivity index (χ0n) is 6.27. The minimum atomic E-state index is -1.48. The second-order valence-electron chi connectivity index (χ2n) is 3.15. The van der Waals surface area contributed by atoms with Gasteiger partial charge in [0.05, 0.1) is 6.04 Å². The predicted molar refractivity (Wildman–Crippen MR) is 50.2 cm³/mol. The van der Waals surface area contributed by atoms with Gasteiger partial charge in [-0.15, -0.1) is 0 Å². The lowest BCUT2D eigenvalue weighted by molar-refractivity contribution is 0.302. The van der Waals surface area contributed by atoms with E-state index in [1.165, 1.54) is 12.8 Å². The third-order valence-electron chi connectivity index (χ3n) is 2.08. The Balaban J connectivity index is 2.04. The highest BCUT2D eigenvalue weighted by Gasteiger charge is 2.40. The second kappa shape index (κ2) is 2.93. The van der Waals surface area contributed by atoms with E-state index in [-0.39, 0.29) is 11.9 Å². The molecule has 1 saturated carbocycles. The van der Waals surface area contributed by atoms with E-state index in [2.05, 4.69) is 4.99 Å². The fourth-order valence-electron chi connectivity index (χ4n) is 1.27. The van der Waals surface area contributed by atoms with Crippen LogP contribution in [0.25, 0.3) is 0 Å². The maximum atomic E-state index is 5.60. The van der Waals surface area contributed by atoms with Crippen molar-refractivity contribution < 1.29 is 4.74 Å². The monoisotopic (exact) mass is 227 g/mol. The van der Waals surface area contributed by atoms with Crippen LogP contribution in [0.15, 0.2) is 4.99 Å². The summed E-state index contributed by atoms with van der Waals surface area (Å²) in [5.74, 6) is 0.916. The van der Waals surface area contributed by atoms with E-state index in [1.807, 2.05) is 0 Å². The molecule has 68 valence electrons. The van der Waals surface area contributed by atoms with Gasteiger partial charge in [0.25, 0.3) is 3.79 Å². The minimum absolute atomic E-state index is 0.232. The lowest BCUT2D eigenvalue weighted by atomic mass is 10.2. The average molecular weight is 229 g/mol. The summed E-state index contributed by atoms with van der Waals surface area (Å²) < 4.78 is 3.70. The molecule has 0 aromatic rings. The third kappa shape index (κ3) is 1.81. The zero-order chi connectivity index (χ0) is 8.77. The number of aliphatic imine (C=N–C) groups is 1. The van der Waals surface area contributed by atoms with Crippen molar-refractivity contribution in [1.29, 1.82) is 0 Å². The van der Waals surface area contributed by atoms with Gasteiger partial charge in [-0.25, -0.2) is 4.99 Å². The summed E-state index contributed by atoms with van der Waals surface area (Å²) in [5.41, 5.74) is 0. The van der Waals surface area contributed by atoms with E-state index in [0.717, 1.165) is 0 Å². The van der Waals surface area contributed by atoms with E-state index in [9.17, 15) is 0 Å². The van der Waals surface area contributed by atoms with Crippen molar-refractivity contribution in [2.24, 2.45) is 10.9 Å². The predicted octanol–water partition coefficient (Wildman–Crippen LogP) is 2.56. The maximum absolute atomic E-state index is 5.60. The van der Waals surface area contributed by atoms with Gasteiger partial charge in [-0.1, -0.05) is 34.8 Å². The Morgan fingerprint density at radius 3 is 2.42 bits per heavy atom. The Hall–Kier alpha value is 0.340. The van der Waals surface area contributed by atoms with Gasteiger partial charge < -0.3 is 4.74 Å². The highest BCUT2D eigenvalue weighted by molar-refractivity contribution is 6.76. The van der Waals surface area contributed by atoms with Crippen molar-refractivity contribution in [3.63, 3.8) is 0 Å². The number of rotatable bonds is 1. The van der Waals surface area contributed by atoms with E-state index in [0.29, 0.717) is 12.5 Å². The summed E-state index contributed by atoms with van der Waals surface area (Å²) in [5, 5.41) is 0. The molecule has 12 heavy (non-hydrogen) atoms. The summed E-state index contributed by atoms with van der Waals surface area (Å²) >= 11 is 16.8. The third-order valence-corrected chi connectivity index (χ3v) is 2.57. The highest BCUT2D eigenvalue weighted by atomic mass is 35.6. The normalized spacial score (nSPS) is 29.9. The van der Waals surface area contributed by atoms with Crippen molar-refractivity contribution in [3.05, 3.63) is 0 Å². The molecule has 0 radical (unpaired) electrons. The van der Waals surface area contributed by atoms with Gasteiger partial charge in [-0.3, -0.25) is 0 Å². The molecular weight excluding hydrogens is 220 g/mol. The van der Waals surface area contributed by atoms with Gasteiger partial charge in [0, 0.05) is 0 Å². The van der Waals surface area contributed by atoms with Crippen LogP contribution in [-0.4, -0.2) is 22.3 Å². The van der Waals surface area contributed by atoms with Crippen molar-refractivity contribution in [2.45, 2.75) is 22.7 Å². The Kier molecular flexibility index (Phi) is 2.18. The van der Waals surface area contributed by atoms with E-state index in [1.54, 1.807) is 0 Å². The number of halogens is 3. The molecule has 0 bridgehead atoms. The molecule has 0 spiro atoms. The van der Waals surface area contributed by atoms with Gasteiger partial charge in [0.2, 0.25) is 5.90 Å². The quantitative estimate of drug-likeness (QED) is 0.632. The summed E-state index contributed by atoms with van der Waals surface area (Å²) in [6.07, 6.45) is 2.45. The number of alkyl halides is 3. The lowest BCUT2D eigenvalue weighted by Gasteiger charge is -2.08. The van der Waals surface area contributed by atoms with Crippen LogP contribution in [0.1, 0.15) is 12.8 Å². The smallest absolute Gasteiger partial charge is 0.266 e. The molecule has 1 heterocycles. The van der Waals surface area contributed by atoms with Gasteiger partial charge >= 0.3 is 0 Å². The first kappa shape index (κ1) is 8.92. The molecular formula is C7H8Cl3NO. The maximum Gasteiger partial charge on any atom is 0.266 e. The molecule has 2 rings (SSSR count). The van der Waals surface area contributed by atoms with Gasteiger partial charge in [-0.05, 0) is 18.8 Å². The number of nitrogens with zero attached hydrogens (tertiary/aromatic N) is 1. The Morgan fingerprint density at radius 1 is 1.33 bits per heavy atom. The lowest BCUT2D eigenvalue weighted by Crippen LogP contribution is -2.18. The minimum Gasteiger partial charge on any atom is -0.476 e. The molecule has 0 amide bonds. The van der Waals surface area contributed by atoms with Crippen molar-refractivity contribution in [1.82, 2.24) is 0 Å². The first-order valence-corrected chi connectivity index (χ1v) is 4.98. The van der Waals surface area contributed by atoms with Crippen LogP contribution in [0, 0.1) is 5.92 Å². The van der Waals surface area contributed by atoms with Crippen molar-refractivity contribution >= 4 is 40.7 Å². The second-order valence-corrected chi connectivity index (χ2v) is 5.43. The first-order chi connectivity index (χ1) is 5.57. The standard InChI is InChI=1S/C7H8Cl3NO/c8-7(9,10)6-11-5(3-12-6)4-1-2-4/h4-5H,1-3H2. The highest BCUT2D eigenvalue weighted by Crippen LogP contribution is 2.39. The van der Waals surface area contributed by atoms with E-state index >= 15 is 0 Å². The van der Waals surface area contributed by atoms with Gasteiger partial charge in [0.15, 0.2) is 0 Å². The Bertz CT molecular complexity index is 219. The topological polar surface area (TPSA) is 21.6 Å². The molecule has 0 aromatic heterocycles. The Labute approximate surface area is 85.8 Å². The molecule has 1 aliphatic heterocycles. The van der Waals surface area contributed by atoms with Gasteiger partial charge in [-0.2, -0.15) is 0 Å². The van der Waals surface area contributed by atoms with Crippen LogP contribution in [0.2, 0.25) is 0 Å². The number of hydrogen-bond donors (Lipinski definition) is 0. The summed E-state index contributed by atoms with van der Waals surface area (Å²) in [6.45, 7) is 0.577. The molecule has 0 N–H and O–H groups in total. The molecule has 2 nitrogen and oxygen atoms in total. The molecule has 0 saturated heterocycles. The van der Waals surface area contributed by atoms with Gasteiger partial charge in [0.1, 0.15) is 6.61 Å². The largest absolute Gasteiger partial charge is 0.476 e. The SMILES string of the molecule is ClC(Cl)(Cl)C1=NC(C2CC2)CO1. The van der Waals surface area contributed by atoms with E-state index < -0.39 is 3.79 Å². The van der Waals surface area contributed by atoms with Crippen LogP contribution in [0.4, 0.5) is 0 Å². The molecule has 1 fully saturated rings. The van der Waals surface area contributed by atoms with Crippen LogP contribution in [0.3, 0.4) is 0 Å². The molecule has 1 atom stereocenters. The molecule has 2 aliphatic rings. The Morgan fingerprint density at radius 2 is 2.00 bits per heavy atom. The van der Waals surface area contributed by atoms with Crippen molar-refractivity contribution in [2.75, 3.05) is 6.61 Å². The number of ether oxygens (including phenoxy) is 1. The fraction of sp³-hybridized carbons (Fsp3) is 0.857.